The number of thiophene rings is 1. The third kappa shape index (κ3) is 6.20. The lowest BCUT2D eigenvalue weighted by molar-refractivity contribution is 0.0600. The average Bonchev–Trinajstić information content (AvgIpc) is 3.30. The van der Waals surface area contributed by atoms with E-state index in [0.717, 1.165) is 23.5 Å². The molecule has 5 rings (SSSR count). The van der Waals surface area contributed by atoms with Crippen LogP contribution in [0.3, 0.4) is 0 Å². The van der Waals surface area contributed by atoms with Crippen LogP contribution in [0, 0.1) is 0 Å². The molecule has 8 nitrogen and oxygen atoms in total. The van der Waals surface area contributed by atoms with Crippen LogP contribution in [-0.4, -0.2) is 38.8 Å². The Labute approximate surface area is 241 Å². The third-order valence-corrected chi connectivity index (χ3v) is 9.31. The highest BCUT2D eigenvalue weighted by atomic mass is 35.5. The van der Waals surface area contributed by atoms with Crippen LogP contribution < -0.4 is 10.0 Å². The van der Waals surface area contributed by atoms with Crippen molar-refractivity contribution >= 4 is 55.5 Å². The number of nitrogens with one attached hydrogen (secondary N) is 2. The number of ether oxygens (including phenoxy) is 1. The number of carbonyl (C=O) groups excluding carboxylic acids is 2. The Morgan fingerprint density at radius 1 is 1.00 bits per heavy atom. The molecular formula is C29H26ClN3O5S2. The molecule has 40 heavy (non-hydrogen) atoms. The zero-order valence-corrected chi connectivity index (χ0v) is 23.9. The van der Waals surface area contributed by atoms with E-state index in [4.69, 9.17) is 16.3 Å². The molecule has 0 atom stereocenters. The Kier molecular flexibility index (Phi) is 8.22. The average molecular weight is 596 g/mol. The molecule has 0 saturated heterocycles. The van der Waals surface area contributed by atoms with Crippen LogP contribution in [0.4, 0.5) is 10.7 Å². The molecule has 0 fully saturated rings. The van der Waals surface area contributed by atoms with E-state index in [1.54, 1.807) is 0 Å². The highest BCUT2D eigenvalue weighted by Gasteiger charge is 2.29. The number of amides is 1. The molecule has 4 aromatic rings. The molecule has 0 aliphatic carbocycles. The molecule has 0 radical (unpaired) electrons. The number of anilines is 2. The first-order valence-electron chi connectivity index (χ1n) is 12.4. The van der Waals surface area contributed by atoms with Gasteiger partial charge in [0.1, 0.15) is 5.00 Å². The van der Waals surface area contributed by atoms with Gasteiger partial charge in [-0.25, -0.2) is 13.2 Å². The van der Waals surface area contributed by atoms with Gasteiger partial charge >= 0.3 is 5.97 Å². The van der Waals surface area contributed by atoms with E-state index >= 15 is 0 Å². The largest absolute Gasteiger partial charge is 0.465 e. The van der Waals surface area contributed by atoms with Gasteiger partial charge in [-0.15, -0.1) is 11.3 Å². The van der Waals surface area contributed by atoms with Crippen LogP contribution in [0.15, 0.2) is 83.8 Å². The van der Waals surface area contributed by atoms with Gasteiger partial charge in [-0.3, -0.25) is 14.4 Å². The van der Waals surface area contributed by atoms with Crippen LogP contribution >= 0.6 is 22.9 Å². The molecule has 0 saturated carbocycles. The predicted octanol–water partition coefficient (Wildman–Crippen LogP) is 5.80. The fraction of sp³-hybridized carbons (Fsp3) is 0.172. The zero-order chi connectivity index (χ0) is 28.3. The summed E-state index contributed by atoms with van der Waals surface area (Å²) < 4.78 is 32.8. The second kappa shape index (κ2) is 11.8. The van der Waals surface area contributed by atoms with Crippen molar-refractivity contribution in [3.8, 4) is 0 Å². The first-order chi connectivity index (χ1) is 19.2. The summed E-state index contributed by atoms with van der Waals surface area (Å²) in [4.78, 5) is 29.2. The van der Waals surface area contributed by atoms with Crippen molar-refractivity contribution in [1.82, 2.24) is 4.90 Å². The number of hydrogen-bond acceptors (Lipinski definition) is 7. The maximum atomic E-state index is 13.1. The Bertz CT molecular complexity index is 1640. The molecule has 0 unspecified atom stereocenters. The highest BCUT2D eigenvalue weighted by Crippen LogP contribution is 2.38. The van der Waals surface area contributed by atoms with Gasteiger partial charge in [0.05, 0.1) is 17.6 Å². The standard InChI is InChI=1S/C29H26ClN3O5S2/c1-38-29(35)26-24-15-16-33(17-19-5-3-2-4-6-19)18-25(24)39-28(26)31-27(34)20-7-11-22(12-8-20)32-40(36,37)23-13-9-21(30)10-14-23/h2-14,32H,15-18H2,1H3,(H,31,34). The van der Waals surface area contributed by atoms with Gasteiger partial charge in [0.2, 0.25) is 0 Å². The molecule has 0 bridgehead atoms. The number of hydrogen-bond donors (Lipinski definition) is 2. The molecule has 2 heterocycles. The summed E-state index contributed by atoms with van der Waals surface area (Å²) in [5.41, 5.74) is 3.11. The molecule has 1 aromatic heterocycles. The summed E-state index contributed by atoms with van der Waals surface area (Å²) in [7, 11) is -2.49. The van der Waals surface area contributed by atoms with Gasteiger partial charge in [0.25, 0.3) is 15.9 Å². The third-order valence-electron chi connectivity index (χ3n) is 6.52. The number of carbonyl (C=O) groups is 2. The fourth-order valence-corrected chi connectivity index (χ4v) is 6.99. The molecule has 206 valence electrons. The number of methoxy groups -OCH3 is 1. The van der Waals surface area contributed by atoms with Crippen molar-refractivity contribution in [2.24, 2.45) is 0 Å². The van der Waals surface area contributed by atoms with E-state index in [1.807, 2.05) is 18.2 Å². The SMILES string of the molecule is COC(=O)c1c(NC(=O)c2ccc(NS(=O)(=O)c3ccc(Cl)cc3)cc2)sc2c1CCN(Cc1ccccc1)C2. The molecule has 3 aromatic carbocycles. The minimum Gasteiger partial charge on any atom is -0.465 e. The van der Waals surface area contributed by atoms with Gasteiger partial charge in [-0.2, -0.15) is 0 Å². The van der Waals surface area contributed by atoms with Crippen LogP contribution in [-0.2, 0) is 34.3 Å². The number of esters is 1. The number of benzene rings is 3. The number of sulfonamides is 1. The number of rotatable bonds is 8. The van der Waals surface area contributed by atoms with Crippen LogP contribution in [0.2, 0.25) is 5.02 Å². The van der Waals surface area contributed by atoms with Crippen LogP contribution in [0.25, 0.3) is 0 Å². The maximum Gasteiger partial charge on any atom is 0.341 e. The topological polar surface area (TPSA) is 105 Å². The molecule has 0 spiro atoms. The molecular weight excluding hydrogens is 570 g/mol. The minimum absolute atomic E-state index is 0.0676. The lowest BCUT2D eigenvalue weighted by Gasteiger charge is -2.27. The van der Waals surface area contributed by atoms with E-state index in [0.29, 0.717) is 39.8 Å². The number of nitrogens with zero attached hydrogens (tertiary/aromatic N) is 1. The van der Waals surface area contributed by atoms with E-state index in [1.165, 1.54) is 72.5 Å². The van der Waals surface area contributed by atoms with E-state index in [9.17, 15) is 18.0 Å². The summed E-state index contributed by atoms with van der Waals surface area (Å²) in [6.07, 6.45) is 0.668. The lowest BCUT2D eigenvalue weighted by Crippen LogP contribution is -2.29. The summed E-state index contributed by atoms with van der Waals surface area (Å²) in [6.45, 7) is 2.24. The monoisotopic (exact) mass is 595 g/mol. The second-order valence-corrected chi connectivity index (χ2v) is 12.5. The van der Waals surface area contributed by atoms with Gasteiger partial charge in [0.15, 0.2) is 0 Å². The number of fused-ring (bicyclic) bond motifs is 1. The first kappa shape index (κ1) is 27.9. The van der Waals surface area contributed by atoms with Crippen LogP contribution in [0.5, 0.6) is 0 Å². The van der Waals surface area contributed by atoms with Crippen molar-refractivity contribution < 1.29 is 22.7 Å². The van der Waals surface area contributed by atoms with Crippen molar-refractivity contribution in [1.29, 1.82) is 0 Å². The molecule has 1 aliphatic heterocycles. The van der Waals surface area contributed by atoms with Crippen molar-refractivity contribution in [2.75, 3.05) is 23.7 Å². The van der Waals surface area contributed by atoms with E-state index in [-0.39, 0.29) is 4.90 Å². The highest BCUT2D eigenvalue weighted by molar-refractivity contribution is 7.92. The van der Waals surface area contributed by atoms with Gasteiger partial charge in [-0.05, 0) is 66.1 Å². The number of halogens is 1. The summed E-state index contributed by atoms with van der Waals surface area (Å²) in [6, 6.07) is 22.0. The zero-order valence-electron chi connectivity index (χ0n) is 21.5. The minimum atomic E-state index is -3.82. The maximum absolute atomic E-state index is 13.1. The summed E-state index contributed by atoms with van der Waals surface area (Å²) in [5.74, 6) is -0.909. The van der Waals surface area contributed by atoms with Gasteiger partial charge in [0, 0.05) is 40.8 Å². The predicted molar refractivity (Wildman–Crippen MR) is 157 cm³/mol. The molecule has 1 amide bonds. The summed E-state index contributed by atoms with van der Waals surface area (Å²) >= 11 is 7.22. The Morgan fingerprint density at radius 3 is 2.38 bits per heavy atom. The van der Waals surface area contributed by atoms with Gasteiger partial charge in [-0.1, -0.05) is 41.9 Å². The first-order valence-corrected chi connectivity index (χ1v) is 15.1. The quantitative estimate of drug-likeness (QED) is 0.250. The van der Waals surface area contributed by atoms with Gasteiger partial charge < -0.3 is 10.1 Å². The molecule has 11 heteroatoms. The van der Waals surface area contributed by atoms with Crippen LogP contribution in [0.1, 0.15) is 36.7 Å². The Balaban J connectivity index is 1.31. The van der Waals surface area contributed by atoms with Crippen molar-refractivity contribution in [3.05, 3.63) is 111 Å². The van der Waals surface area contributed by atoms with E-state index in [2.05, 4.69) is 27.1 Å². The summed E-state index contributed by atoms with van der Waals surface area (Å²) in [5, 5.41) is 3.74. The smallest absolute Gasteiger partial charge is 0.341 e. The lowest BCUT2D eigenvalue weighted by atomic mass is 10.0. The van der Waals surface area contributed by atoms with Crippen molar-refractivity contribution in [3.63, 3.8) is 0 Å². The Hall–Kier alpha value is -3.70. The van der Waals surface area contributed by atoms with E-state index < -0.39 is 21.9 Å². The fourth-order valence-electron chi connectivity index (χ4n) is 4.53. The normalized spacial score (nSPS) is 13.3. The molecule has 1 aliphatic rings. The molecule has 2 N–H and O–H groups in total. The van der Waals surface area contributed by atoms with Crippen molar-refractivity contribution in [2.45, 2.75) is 24.4 Å². The Morgan fingerprint density at radius 2 is 1.70 bits per heavy atom. The second-order valence-electron chi connectivity index (χ2n) is 9.24.